The van der Waals surface area contributed by atoms with Gasteiger partial charge >= 0.3 is 0 Å². The molecule has 6 nitrogen and oxygen atoms in total. The van der Waals surface area contributed by atoms with Gasteiger partial charge in [-0.1, -0.05) is 0 Å². The molecule has 7 heteroatoms. The lowest BCUT2D eigenvalue weighted by atomic mass is 9.80. The van der Waals surface area contributed by atoms with E-state index in [0.717, 1.165) is 0 Å². The zero-order valence-electron chi connectivity index (χ0n) is 12.4. The normalized spacial score (nSPS) is 34.8. The summed E-state index contributed by atoms with van der Waals surface area (Å²) in [4.78, 5) is 35.7. The van der Waals surface area contributed by atoms with E-state index in [1.165, 1.54) is 6.08 Å². The van der Waals surface area contributed by atoms with Crippen LogP contribution in [0.3, 0.4) is 0 Å². The number of aliphatic hydroxyl groups excluding tert-OH is 1. The lowest BCUT2D eigenvalue weighted by Crippen LogP contribution is -2.51. The molecule has 1 fully saturated rings. The topological polar surface area (TPSA) is 92.7 Å². The number of Topliss-reactive ketones (excluding diaryl/α,β-unsaturated/α-hetero) is 1. The second-order valence-electron chi connectivity index (χ2n) is 5.89. The Kier molecular flexibility index (Phi) is 5.24. The van der Waals surface area contributed by atoms with Gasteiger partial charge in [-0.2, -0.15) is 0 Å². The third-order valence-corrected chi connectivity index (χ3v) is 4.70. The van der Waals surface area contributed by atoms with E-state index >= 15 is 0 Å². The van der Waals surface area contributed by atoms with Crippen molar-refractivity contribution in [1.29, 1.82) is 0 Å². The summed E-state index contributed by atoms with van der Waals surface area (Å²) in [6.07, 6.45) is 3.04. The Balaban J connectivity index is 2.30. The van der Waals surface area contributed by atoms with Crippen molar-refractivity contribution in [3.63, 3.8) is 0 Å². The van der Waals surface area contributed by atoms with Gasteiger partial charge < -0.3 is 15.2 Å². The number of hydrogen-bond acceptors (Lipinski definition) is 5. The number of amides is 1. The molecule has 0 aromatic heterocycles. The lowest BCUT2D eigenvalue weighted by Gasteiger charge is -2.32. The summed E-state index contributed by atoms with van der Waals surface area (Å²) in [5.74, 6) is -1.11. The van der Waals surface area contributed by atoms with Crippen molar-refractivity contribution in [3.8, 4) is 0 Å². The molecule has 122 valence electrons. The molecule has 0 bridgehead atoms. The predicted octanol–water partition coefficient (Wildman–Crippen LogP) is 0.702. The maximum atomic E-state index is 12.7. The van der Waals surface area contributed by atoms with Gasteiger partial charge in [-0.15, -0.1) is 11.6 Å². The number of hydrogen-bond donors (Lipinski definition) is 2. The molecule has 2 N–H and O–H groups in total. The summed E-state index contributed by atoms with van der Waals surface area (Å²) in [5.41, 5.74) is -0.801. The van der Waals surface area contributed by atoms with Gasteiger partial charge in [0.15, 0.2) is 5.78 Å². The fraction of sp³-hybridized carbons (Fsp3) is 0.667. The van der Waals surface area contributed by atoms with Crippen LogP contribution < -0.4 is 5.32 Å². The molecule has 1 amide bonds. The van der Waals surface area contributed by atoms with Crippen LogP contribution in [0.25, 0.3) is 0 Å². The van der Waals surface area contributed by atoms with Crippen LogP contribution in [-0.4, -0.2) is 46.9 Å². The Hall–Kier alpha value is -1.40. The number of alkyl halides is 1. The quantitative estimate of drug-likeness (QED) is 0.553. The molecule has 1 aliphatic heterocycles. The van der Waals surface area contributed by atoms with E-state index < -0.39 is 23.7 Å². The van der Waals surface area contributed by atoms with E-state index in [9.17, 15) is 19.5 Å². The molecule has 0 aromatic rings. The second-order valence-corrected chi connectivity index (χ2v) is 6.26. The molecule has 0 spiro atoms. The first-order valence-electron chi connectivity index (χ1n) is 7.34. The molecule has 1 heterocycles. The van der Waals surface area contributed by atoms with Crippen molar-refractivity contribution in [2.24, 2.45) is 5.92 Å². The van der Waals surface area contributed by atoms with Crippen LogP contribution in [0.4, 0.5) is 0 Å². The average molecular weight is 330 g/mol. The molecule has 2 aliphatic rings. The number of rotatable bonds is 6. The SMILES string of the molecule is C[C@@]1(OC=O)[C@@H](C(=O)C2=CC(O)CCC2)NC(=O)[C@@H]1CCCl. The number of ether oxygens (including phenoxy) is 1. The Bertz CT molecular complexity index is 506. The third-order valence-electron chi connectivity index (χ3n) is 4.49. The van der Waals surface area contributed by atoms with Crippen LogP contribution in [0.5, 0.6) is 0 Å². The molecule has 1 saturated heterocycles. The number of carbonyl (C=O) groups excluding carboxylic acids is 3. The lowest BCUT2D eigenvalue weighted by molar-refractivity contribution is -0.150. The molecule has 4 atom stereocenters. The van der Waals surface area contributed by atoms with Crippen molar-refractivity contribution >= 4 is 29.8 Å². The van der Waals surface area contributed by atoms with E-state index in [1.54, 1.807) is 6.92 Å². The number of nitrogens with one attached hydrogen (secondary N) is 1. The second kappa shape index (κ2) is 6.79. The highest BCUT2D eigenvalue weighted by Gasteiger charge is 2.56. The standard InChI is InChI=1S/C15H20ClNO5/c1-15(22-8-18)11(5-6-16)14(21)17-13(15)12(20)9-3-2-4-10(19)7-9/h7-8,10-11,13,19H,2-6H2,1H3,(H,17,21)/t10?,11-,13+,15-/m0/s1. The molecule has 1 aliphatic carbocycles. The van der Waals surface area contributed by atoms with Gasteiger partial charge in [-0.05, 0) is 44.3 Å². The predicted molar refractivity (Wildman–Crippen MR) is 79.3 cm³/mol. The molecular formula is C15H20ClNO5. The van der Waals surface area contributed by atoms with Crippen molar-refractivity contribution < 1.29 is 24.2 Å². The van der Waals surface area contributed by atoms with E-state index in [4.69, 9.17) is 16.3 Å². The van der Waals surface area contributed by atoms with Crippen LogP contribution >= 0.6 is 11.6 Å². The summed E-state index contributed by atoms with van der Waals surface area (Å²) >= 11 is 5.72. The Morgan fingerprint density at radius 1 is 1.64 bits per heavy atom. The molecule has 0 radical (unpaired) electrons. The van der Waals surface area contributed by atoms with E-state index in [2.05, 4.69) is 5.32 Å². The van der Waals surface area contributed by atoms with Crippen LogP contribution in [-0.2, 0) is 19.1 Å². The first kappa shape index (κ1) is 17.0. The summed E-state index contributed by atoms with van der Waals surface area (Å²) in [7, 11) is 0. The largest absolute Gasteiger partial charge is 0.458 e. The van der Waals surface area contributed by atoms with Crippen molar-refractivity contribution in [2.75, 3.05) is 5.88 Å². The highest BCUT2D eigenvalue weighted by molar-refractivity contribution is 6.18. The Morgan fingerprint density at radius 3 is 2.95 bits per heavy atom. The number of ketones is 1. The van der Waals surface area contributed by atoms with Crippen LogP contribution in [0.1, 0.15) is 32.6 Å². The van der Waals surface area contributed by atoms with E-state index in [1.807, 2.05) is 0 Å². The van der Waals surface area contributed by atoms with Gasteiger partial charge in [0.05, 0.1) is 12.0 Å². The van der Waals surface area contributed by atoms with Crippen LogP contribution in [0.15, 0.2) is 11.6 Å². The maximum absolute atomic E-state index is 12.7. The van der Waals surface area contributed by atoms with Gasteiger partial charge in [-0.3, -0.25) is 14.4 Å². The first-order valence-corrected chi connectivity index (χ1v) is 7.88. The summed E-state index contributed by atoms with van der Waals surface area (Å²) in [6.45, 7) is 1.82. The molecule has 0 aromatic carbocycles. The molecule has 0 saturated carbocycles. The third kappa shape index (κ3) is 3.03. The monoisotopic (exact) mass is 329 g/mol. The molecule has 22 heavy (non-hydrogen) atoms. The zero-order chi connectivity index (χ0) is 16.3. The summed E-state index contributed by atoms with van der Waals surface area (Å²) in [5, 5.41) is 12.3. The first-order chi connectivity index (χ1) is 10.4. The van der Waals surface area contributed by atoms with Gasteiger partial charge in [-0.25, -0.2) is 0 Å². The van der Waals surface area contributed by atoms with E-state index in [0.29, 0.717) is 31.3 Å². The minimum Gasteiger partial charge on any atom is -0.458 e. The van der Waals surface area contributed by atoms with E-state index in [-0.39, 0.29) is 24.0 Å². The minimum absolute atomic E-state index is 0.220. The molecule has 1 unspecified atom stereocenters. The zero-order valence-corrected chi connectivity index (χ0v) is 13.1. The van der Waals surface area contributed by atoms with Gasteiger partial charge in [0.1, 0.15) is 11.6 Å². The van der Waals surface area contributed by atoms with Gasteiger partial charge in [0.2, 0.25) is 5.91 Å². The van der Waals surface area contributed by atoms with Gasteiger partial charge in [0, 0.05) is 5.88 Å². The van der Waals surface area contributed by atoms with Gasteiger partial charge in [0.25, 0.3) is 6.47 Å². The smallest absolute Gasteiger partial charge is 0.293 e. The molecular weight excluding hydrogens is 310 g/mol. The minimum atomic E-state index is -1.27. The van der Waals surface area contributed by atoms with Crippen molar-refractivity contribution in [2.45, 2.75) is 50.4 Å². The highest BCUT2D eigenvalue weighted by Crippen LogP contribution is 2.36. The van der Waals surface area contributed by atoms with Crippen LogP contribution in [0.2, 0.25) is 0 Å². The number of halogens is 1. The van der Waals surface area contributed by atoms with Crippen molar-refractivity contribution in [1.82, 2.24) is 5.32 Å². The molecule has 2 rings (SSSR count). The average Bonchev–Trinajstić information content (AvgIpc) is 2.72. The fourth-order valence-corrected chi connectivity index (χ4v) is 3.46. The van der Waals surface area contributed by atoms with Crippen LogP contribution in [0, 0.1) is 5.92 Å². The number of carbonyl (C=O) groups is 3. The Labute approximate surface area is 133 Å². The Morgan fingerprint density at radius 2 is 2.36 bits per heavy atom. The number of aliphatic hydroxyl groups is 1. The summed E-state index contributed by atoms with van der Waals surface area (Å²) < 4.78 is 5.14. The van der Waals surface area contributed by atoms with Crippen molar-refractivity contribution in [3.05, 3.63) is 11.6 Å². The highest BCUT2D eigenvalue weighted by atomic mass is 35.5. The summed E-state index contributed by atoms with van der Waals surface area (Å²) in [6, 6.07) is -0.949. The maximum Gasteiger partial charge on any atom is 0.293 e. The fourth-order valence-electron chi connectivity index (χ4n) is 3.25.